The Labute approximate surface area is 148 Å². The molecule has 6 nitrogen and oxygen atoms in total. The van der Waals surface area contributed by atoms with Crippen LogP contribution in [0.5, 0.6) is 5.75 Å². The molecule has 1 heterocycles. The minimum absolute atomic E-state index is 0.0163. The fraction of sp³-hybridized carbons (Fsp3) is 0.0625. The van der Waals surface area contributed by atoms with E-state index in [1.165, 1.54) is 0 Å². The van der Waals surface area contributed by atoms with Crippen LogP contribution in [0.4, 0.5) is 11.8 Å². The first-order valence-corrected chi connectivity index (χ1v) is 7.72. The molecule has 0 radical (unpaired) electrons. The largest absolute Gasteiger partial charge is 0.488 e. The van der Waals surface area contributed by atoms with Crippen molar-refractivity contribution in [3.63, 3.8) is 0 Å². The average molecular weight is 362 g/mol. The van der Waals surface area contributed by atoms with Crippen LogP contribution in [0, 0.1) is 0 Å². The highest BCUT2D eigenvalue weighted by atomic mass is 35.5. The highest BCUT2D eigenvalue weighted by Gasteiger charge is 2.13. The number of hydrogen-bond acceptors (Lipinski definition) is 6. The van der Waals surface area contributed by atoms with Gasteiger partial charge in [0.15, 0.2) is 5.82 Å². The summed E-state index contributed by atoms with van der Waals surface area (Å²) in [5, 5.41) is 8.86. The molecule has 24 heavy (non-hydrogen) atoms. The van der Waals surface area contributed by atoms with E-state index in [1.807, 2.05) is 24.3 Å². The van der Waals surface area contributed by atoms with Gasteiger partial charge in [-0.15, -0.1) is 10.2 Å². The van der Waals surface area contributed by atoms with Crippen molar-refractivity contribution in [3.05, 3.63) is 58.1 Å². The summed E-state index contributed by atoms with van der Waals surface area (Å²) >= 11 is 12.1. The van der Waals surface area contributed by atoms with Gasteiger partial charge >= 0.3 is 0 Å². The van der Waals surface area contributed by atoms with Gasteiger partial charge in [-0.2, -0.15) is 4.98 Å². The molecule has 0 spiro atoms. The van der Waals surface area contributed by atoms with Crippen LogP contribution in [0.1, 0.15) is 5.56 Å². The summed E-state index contributed by atoms with van der Waals surface area (Å²) in [5.74, 6) is 0.779. The maximum absolute atomic E-state index is 6.16. The number of rotatable bonds is 4. The molecule has 2 aromatic carbocycles. The molecule has 0 saturated heterocycles. The number of nitrogens with zero attached hydrogens (tertiary/aromatic N) is 3. The van der Waals surface area contributed by atoms with E-state index >= 15 is 0 Å². The first-order chi connectivity index (χ1) is 11.5. The van der Waals surface area contributed by atoms with Crippen molar-refractivity contribution < 1.29 is 4.74 Å². The molecule has 0 unspecified atom stereocenters. The molecule has 0 atom stereocenters. The molecular formula is C16H13Cl2N5O. The second-order valence-corrected chi connectivity index (χ2v) is 5.77. The molecule has 122 valence electrons. The Kier molecular flexibility index (Phi) is 4.69. The zero-order chi connectivity index (χ0) is 17.1. The summed E-state index contributed by atoms with van der Waals surface area (Å²) in [6.07, 6.45) is 0. The molecule has 0 aliphatic carbocycles. The number of nitrogen functional groups attached to an aromatic ring is 2. The fourth-order valence-electron chi connectivity index (χ4n) is 2.13. The van der Waals surface area contributed by atoms with Crippen LogP contribution in [0.15, 0.2) is 42.5 Å². The van der Waals surface area contributed by atoms with Gasteiger partial charge in [-0.25, -0.2) is 0 Å². The minimum Gasteiger partial charge on any atom is -0.488 e. The van der Waals surface area contributed by atoms with E-state index < -0.39 is 0 Å². The normalized spacial score (nSPS) is 10.6. The Morgan fingerprint density at radius 2 is 1.79 bits per heavy atom. The number of para-hydroxylation sites is 1. The van der Waals surface area contributed by atoms with E-state index in [4.69, 9.17) is 39.4 Å². The van der Waals surface area contributed by atoms with Gasteiger partial charge in [0.05, 0.1) is 0 Å². The van der Waals surface area contributed by atoms with Crippen molar-refractivity contribution in [2.75, 3.05) is 11.5 Å². The first-order valence-electron chi connectivity index (χ1n) is 6.96. The lowest BCUT2D eigenvalue weighted by atomic mass is 10.1. The predicted octanol–water partition coefficient (Wildman–Crippen LogP) is 3.59. The van der Waals surface area contributed by atoms with Crippen LogP contribution in [0.3, 0.4) is 0 Å². The second kappa shape index (κ2) is 6.90. The number of nitrogens with two attached hydrogens (primary N) is 2. The van der Waals surface area contributed by atoms with Crippen LogP contribution in [-0.2, 0) is 6.61 Å². The maximum atomic E-state index is 6.16. The SMILES string of the molecule is Nc1nnc(-c2ccccc2OCc2ccc(Cl)cc2Cl)c(N)n1. The highest BCUT2D eigenvalue weighted by molar-refractivity contribution is 6.35. The van der Waals surface area contributed by atoms with Gasteiger partial charge < -0.3 is 16.2 Å². The maximum Gasteiger partial charge on any atom is 0.242 e. The molecule has 0 aliphatic heterocycles. The van der Waals surface area contributed by atoms with E-state index in [0.717, 1.165) is 5.56 Å². The van der Waals surface area contributed by atoms with Crippen LogP contribution in [0.25, 0.3) is 11.3 Å². The van der Waals surface area contributed by atoms with Crippen LogP contribution < -0.4 is 16.2 Å². The van der Waals surface area contributed by atoms with Crippen molar-refractivity contribution in [1.82, 2.24) is 15.2 Å². The van der Waals surface area contributed by atoms with E-state index in [2.05, 4.69) is 15.2 Å². The Morgan fingerprint density at radius 3 is 2.54 bits per heavy atom. The lowest BCUT2D eigenvalue weighted by Crippen LogP contribution is -2.05. The van der Waals surface area contributed by atoms with Gasteiger partial charge in [0, 0.05) is 21.2 Å². The van der Waals surface area contributed by atoms with Crippen molar-refractivity contribution in [3.8, 4) is 17.0 Å². The molecule has 4 N–H and O–H groups in total. The van der Waals surface area contributed by atoms with E-state index in [9.17, 15) is 0 Å². The first kappa shape index (κ1) is 16.3. The minimum atomic E-state index is 0.0163. The number of ether oxygens (including phenoxy) is 1. The number of halogens is 2. The third-order valence-electron chi connectivity index (χ3n) is 3.27. The van der Waals surface area contributed by atoms with E-state index in [0.29, 0.717) is 27.1 Å². The molecule has 0 aliphatic rings. The summed E-state index contributed by atoms with van der Waals surface area (Å²) in [7, 11) is 0. The molecule has 0 saturated carbocycles. The van der Waals surface area contributed by atoms with E-state index in [1.54, 1.807) is 18.2 Å². The van der Waals surface area contributed by atoms with Gasteiger partial charge in [0.2, 0.25) is 5.95 Å². The van der Waals surface area contributed by atoms with Crippen molar-refractivity contribution in [2.45, 2.75) is 6.61 Å². The number of benzene rings is 2. The quantitative estimate of drug-likeness (QED) is 0.736. The van der Waals surface area contributed by atoms with Gasteiger partial charge in [-0.3, -0.25) is 0 Å². The molecule has 3 rings (SSSR count). The number of anilines is 2. The summed E-state index contributed by atoms with van der Waals surface area (Å²) < 4.78 is 5.87. The Hall–Kier alpha value is -2.57. The monoisotopic (exact) mass is 361 g/mol. The lowest BCUT2D eigenvalue weighted by Gasteiger charge is -2.12. The van der Waals surface area contributed by atoms with E-state index in [-0.39, 0.29) is 18.4 Å². The van der Waals surface area contributed by atoms with Crippen molar-refractivity contribution >= 4 is 35.0 Å². The lowest BCUT2D eigenvalue weighted by molar-refractivity contribution is 0.307. The standard InChI is InChI=1S/C16H13Cl2N5O/c17-10-6-5-9(12(18)7-10)8-24-13-4-2-1-3-11(13)14-15(19)21-16(20)23-22-14/h1-7H,8H2,(H4,19,20,21,23). The van der Waals surface area contributed by atoms with Gasteiger partial charge in [0.1, 0.15) is 18.1 Å². The third-order valence-corrected chi connectivity index (χ3v) is 3.86. The summed E-state index contributed by atoms with van der Waals surface area (Å²) in [5.41, 5.74) is 13.3. The molecule has 0 fully saturated rings. The number of aromatic nitrogens is 3. The summed E-state index contributed by atoms with van der Waals surface area (Å²) in [6, 6.07) is 12.5. The molecule has 1 aromatic heterocycles. The van der Waals surface area contributed by atoms with Gasteiger partial charge in [-0.1, -0.05) is 41.4 Å². The zero-order valence-corrected chi connectivity index (χ0v) is 13.9. The summed E-state index contributed by atoms with van der Waals surface area (Å²) in [6.45, 7) is 0.267. The molecular weight excluding hydrogens is 349 g/mol. The number of hydrogen-bond donors (Lipinski definition) is 2. The summed E-state index contributed by atoms with van der Waals surface area (Å²) in [4.78, 5) is 3.92. The van der Waals surface area contributed by atoms with Crippen LogP contribution >= 0.6 is 23.2 Å². The fourth-order valence-corrected chi connectivity index (χ4v) is 2.59. The third kappa shape index (κ3) is 3.50. The Balaban J connectivity index is 1.89. The van der Waals surface area contributed by atoms with Crippen molar-refractivity contribution in [1.29, 1.82) is 0 Å². The Morgan fingerprint density at radius 1 is 1.00 bits per heavy atom. The van der Waals surface area contributed by atoms with Gasteiger partial charge in [-0.05, 0) is 24.3 Å². The molecule has 0 amide bonds. The Bertz CT molecular complexity index is 888. The second-order valence-electron chi connectivity index (χ2n) is 4.92. The highest BCUT2D eigenvalue weighted by Crippen LogP contribution is 2.32. The van der Waals surface area contributed by atoms with Crippen LogP contribution in [0.2, 0.25) is 10.0 Å². The molecule has 3 aromatic rings. The smallest absolute Gasteiger partial charge is 0.242 e. The van der Waals surface area contributed by atoms with Gasteiger partial charge in [0.25, 0.3) is 0 Å². The predicted molar refractivity (Wildman–Crippen MR) is 94.9 cm³/mol. The van der Waals surface area contributed by atoms with Crippen LogP contribution in [-0.4, -0.2) is 15.2 Å². The zero-order valence-electron chi connectivity index (χ0n) is 12.4. The molecule has 0 bridgehead atoms. The topological polar surface area (TPSA) is 99.9 Å². The molecule has 8 heteroatoms. The van der Waals surface area contributed by atoms with Crippen molar-refractivity contribution in [2.24, 2.45) is 0 Å². The average Bonchev–Trinajstić information content (AvgIpc) is 2.55.